The van der Waals surface area contributed by atoms with E-state index in [9.17, 15) is 45.6 Å². The summed E-state index contributed by atoms with van der Waals surface area (Å²) in [5.41, 5.74) is 21.7. The number of aliphatic imine (C=N–C) groups is 1. The highest BCUT2D eigenvalue weighted by Crippen LogP contribution is 2.63. The number of rotatable bonds is 17. The molecule has 17 N–H and O–H groups in total. The Morgan fingerprint density at radius 1 is 0.963 bits per heavy atom. The van der Waals surface area contributed by atoms with Crippen LogP contribution >= 0.6 is 0 Å². The molecular weight excluding hydrogens is 1040 g/mol. The van der Waals surface area contributed by atoms with E-state index in [1.165, 1.54) is 0 Å². The predicted octanol–water partition coefficient (Wildman–Crippen LogP) is 5.26. The predicted molar refractivity (Wildman–Crippen MR) is 320 cm³/mol. The van der Waals surface area contributed by atoms with Crippen LogP contribution in [0.15, 0.2) is 130 Å². The topological polar surface area (TPSA) is 322 Å². The van der Waals surface area contributed by atoms with Crippen LogP contribution in [0.2, 0.25) is 0 Å². The van der Waals surface area contributed by atoms with Crippen LogP contribution in [0.3, 0.4) is 0 Å². The van der Waals surface area contributed by atoms with Crippen LogP contribution in [0.25, 0.3) is 0 Å². The van der Waals surface area contributed by atoms with Gasteiger partial charge in [0.2, 0.25) is 5.91 Å². The monoisotopic (exact) mass is 1130 g/mol. The Hall–Kier alpha value is -5.83. The van der Waals surface area contributed by atoms with Gasteiger partial charge in [0, 0.05) is 49.8 Å². The highest BCUT2D eigenvalue weighted by atomic mass is 16.3. The molecule has 2 bridgehead atoms. The molecule has 17 nitrogen and oxygen atoms in total. The van der Waals surface area contributed by atoms with Crippen LogP contribution in [0, 0.1) is 23.2 Å². The number of nitrogens with two attached hydrogens (primary N) is 3. The van der Waals surface area contributed by atoms with Gasteiger partial charge in [0.1, 0.15) is 23.7 Å². The van der Waals surface area contributed by atoms with Crippen LogP contribution < -0.4 is 33.2 Å². The Bertz CT molecular complexity index is 2870. The number of Topliss-reactive ketones (excluding diaryl/α,β-unsaturated/α-hetero) is 1. The maximum absolute atomic E-state index is 15.1. The van der Waals surface area contributed by atoms with Crippen molar-refractivity contribution in [2.45, 2.75) is 159 Å². The van der Waals surface area contributed by atoms with Gasteiger partial charge in [0.05, 0.1) is 30.5 Å². The third-order valence-electron chi connectivity index (χ3n) is 18.3. The number of aliphatic hydroxyl groups is 7. The van der Waals surface area contributed by atoms with E-state index in [4.69, 9.17) is 17.2 Å². The highest BCUT2D eigenvalue weighted by Gasteiger charge is 2.64. The number of guanidine groups is 1. The molecule has 12 unspecified atom stereocenters. The van der Waals surface area contributed by atoms with E-state index >= 15 is 4.79 Å². The average Bonchev–Trinajstić information content (AvgIpc) is 3.99. The SMILES string of the molecule is C=C(C=CC=C(CO)C1CCC2(C3CCC(O)Cc4cccc(c4)CC(C(CN=C(N)N)c4ccc(O)cc4)C(O)CNC4C(=O)NC(N)c5cccc(c54)CC(=O)C(C)=C3CCC2(C)O)C1O)C(O)(CC=C(C)C)NCCCCCO. The number of fused-ring (bicyclic) bond motifs is 4. The van der Waals surface area contributed by atoms with Gasteiger partial charge >= 0.3 is 0 Å². The Balaban J connectivity index is 1.28. The molecule has 0 saturated heterocycles. The highest BCUT2D eigenvalue weighted by molar-refractivity contribution is 5.98. The van der Waals surface area contributed by atoms with Crippen molar-refractivity contribution in [1.82, 2.24) is 16.0 Å². The number of nitrogens with zero attached hydrogens (tertiary/aromatic N) is 1. The number of aromatic hydroxyl groups is 1. The molecule has 2 saturated carbocycles. The molecule has 0 aromatic heterocycles. The summed E-state index contributed by atoms with van der Waals surface area (Å²) in [7, 11) is 0. The second-order valence-electron chi connectivity index (χ2n) is 23.9. The Morgan fingerprint density at radius 2 is 1.68 bits per heavy atom. The zero-order valence-electron chi connectivity index (χ0n) is 48.4. The molecule has 2 aliphatic carbocycles. The average molecular weight is 1130 g/mol. The molecule has 446 valence electrons. The quantitative estimate of drug-likeness (QED) is 0.0205. The van der Waals surface area contributed by atoms with Crippen molar-refractivity contribution in [2.24, 2.45) is 45.4 Å². The lowest BCUT2D eigenvalue weighted by molar-refractivity contribution is -0.168. The Labute approximate surface area is 483 Å². The number of benzene rings is 3. The fourth-order valence-corrected chi connectivity index (χ4v) is 13.6. The fraction of sp³-hybridized carbons (Fsp3) is 0.523. The summed E-state index contributed by atoms with van der Waals surface area (Å²) in [4.78, 5) is 33.7. The molecule has 12 atom stereocenters. The van der Waals surface area contributed by atoms with Gasteiger partial charge in [-0.15, -0.1) is 0 Å². The third-order valence-corrected chi connectivity index (χ3v) is 18.3. The number of hydrogen-bond donors (Lipinski definition) is 14. The zero-order valence-corrected chi connectivity index (χ0v) is 48.4. The molecule has 1 spiro atoms. The number of hydrogen-bond acceptors (Lipinski definition) is 14. The molecule has 2 aliphatic heterocycles. The van der Waals surface area contributed by atoms with Crippen LogP contribution in [0.1, 0.15) is 143 Å². The fourth-order valence-electron chi connectivity index (χ4n) is 13.6. The summed E-state index contributed by atoms with van der Waals surface area (Å²) in [6.45, 7) is 11.9. The first-order valence-corrected chi connectivity index (χ1v) is 29.3. The standard InChI is InChI=1S/C65H91N7O10/c1-39(2)24-29-65(82,71-30-7-6-8-31-73)40(3)12-9-16-46(38-74)50-26-28-64(59(50)79)54-23-22-48(76)33-42-13-10-14-43(32-42)34-52(53(36-70-62(67)68)44-18-20-47(75)21-19-44)56(78)37-69-58-57-45(15-11-17-51(57)60(66)72-61(58)80)35-55(77)41(4)49(54)25-27-63(64,5)81/h9-21,24,32,48,50,52-54,56,58-60,69,71,73-76,78-79,81-82H,3,6-8,22-23,25-31,33-38,66H2,1-2,4-5H3,(H,72,80)(H4,67,68,70). The van der Waals surface area contributed by atoms with E-state index in [1.807, 2.05) is 56.3 Å². The summed E-state index contributed by atoms with van der Waals surface area (Å²) >= 11 is 0. The van der Waals surface area contributed by atoms with Gasteiger partial charge in [-0.05, 0) is 179 Å². The lowest BCUT2D eigenvalue weighted by atomic mass is 9.52. The number of β-amino-alcohol motifs (C(OH)–C–C–N with tert-alkyl or cyclic N) is 1. The van der Waals surface area contributed by atoms with Crippen molar-refractivity contribution in [3.8, 4) is 5.75 Å². The number of carbonyl (C=O) groups excluding carboxylic acids is 2. The summed E-state index contributed by atoms with van der Waals surface area (Å²) < 4.78 is 0. The smallest absolute Gasteiger partial charge is 0.243 e. The van der Waals surface area contributed by atoms with Gasteiger partial charge in [0.25, 0.3) is 0 Å². The first-order chi connectivity index (χ1) is 39.0. The minimum absolute atomic E-state index is 0.0614. The normalized spacial score (nSPS) is 28.6. The summed E-state index contributed by atoms with van der Waals surface area (Å²) in [6, 6.07) is 18.9. The van der Waals surface area contributed by atoms with Crippen LogP contribution in [0.5, 0.6) is 5.75 Å². The number of allylic oxidation sites excluding steroid dienone is 5. The minimum atomic E-state index is -1.47. The van der Waals surface area contributed by atoms with E-state index in [1.54, 1.807) is 62.4 Å². The Kier molecular flexibility index (Phi) is 21.9. The number of unbranched alkanes of at least 4 members (excludes halogenated alkanes) is 2. The number of aliphatic hydroxyl groups excluding tert-OH is 5. The molecule has 7 rings (SSSR count). The zero-order chi connectivity index (χ0) is 59.5. The van der Waals surface area contributed by atoms with E-state index in [0.717, 1.165) is 40.7 Å². The van der Waals surface area contributed by atoms with Gasteiger partial charge in [-0.1, -0.05) is 96.6 Å². The second-order valence-corrected chi connectivity index (χ2v) is 23.9. The van der Waals surface area contributed by atoms with E-state index in [0.29, 0.717) is 78.5 Å². The van der Waals surface area contributed by atoms with Crippen molar-refractivity contribution >= 4 is 17.6 Å². The van der Waals surface area contributed by atoms with Gasteiger partial charge in [-0.25, -0.2) is 0 Å². The number of carbonyl (C=O) groups is 2. The second kappa shape index (κ2) is 28.2. The lowest BCUT2D eigenvalue weighted by Gasteiger charge is -2.56. The molecule has 0 radical (unpaired) electrons. The van der Waals surface area contributed by atoms with Crippen molar-refractivity contribution in [3.63, 3.8) is 0 Å². The maximum Gasteiger partial charge on any atom is 0.243 e. The third kappa shape index (κ3) is 14.7. The van der Waals surface area contributed by atoms with Crippen LogP contribution in [-0.2, 0) is 28.9 Å². The number of amides is 1. The largest absolute Gasteiger partial charge is 0.508 e. The van der Waals surface area contributed by atoms with Gasteiger partial charge in [-0.3, -0.25) is 25.2 Å². The van der Waals surface area contributed by atoms with Crippen LogP contribution in [-0.4, -0.2) is 121 Å². The van der Waals surface area contributed by atoms with Gasteiger partial charge in [0.15, 0.2) is 11.7 Å². The van der Waals surface area contributed by atoms with Crippen molar-refractivity contribution in [2.75, 3.05) is 32.8 Å². The Morgan fingerprint density at radius 3 is 2.38 bits per heavy atom. The van der Waals surface area contributed by atoms with E-state index in [-0.39, 0.29) is 69.3 Å². The van der Waals surface area contributed by atoms with E-state index in [2.05, 4.69) is 27.5 Å². The van der Waals surface area contributed by atoms with Crippen molar-refractivity contribution in [1.29, 1.82) is 0 Å². The molecule has 2 heterocycles. The first kappa shape index (κ1) is 63.7. The number of phenols is 1. The number of phenolic OH excluding ortho intramolecular Hbond substituents is 1. The summed E-state index contributed by atoms with van der Waals surface area (Å²) in [5.74, 6) is -2.97. The molecular formula is C65H91N7O10. The van der Waals surface area contributed by atoms with Gasteiger partial charge in [-0.2, -0.15) is 0 Å². The van der Waals surface area contributed by atoms with Gasteiger partial charge < -0.3 is 63.4 Å². The van der Waals surface area contributed by atoms with E-state index < -0.39 is 83.4 Å². The van der Waals surface area contributed by atoms with Crippen molar-refractivity contribution in [3.05, 3.63) is 159 Å². The summed E-state index contributed by atoms with van der Waals surface area (Å²) in [5, 5.41) is 102. The van der Waals surface area contributed by atoms with Crippen molar-refractivity contribution < 1.29 is 50.4 Å². The molecule has 3 aromatic rings. The molecule has 82 heavy (non-hydrogen) atoms. The maximum atomic E-state index is 15.1. The summed E-state index contributed by atoms with van der Waals surface area (Å²) in [6.07, 6.45) is 7.87. The first-order valence-electron chi connectivity index (χ1n) is 29.3. The molecule has 4 aliphatic rings. The molecule has 17 heteroatoms. The van der Waals surface area contributed by atoms with Crippen LogP contribution in [0.4, 0.5) is 0 Å². The minimum Gasteiger partial charge on any atom is -0.508 e. The molecule has 2 fully saturated rings. The number of nitrogens with one attached hydrogen (secondary N) is 3. The lowest BCUT2D eigenvalue weighted by Crippen LogP contribution is -2.59. The molecule has 1 amide bonds. The number of ketones is 1. The molecule has 3 aromatic carbocycles.